The number of rotatable bonds is 6. The molecule has 0 unspecified atom stereocenters. The molecule has 0 spiro atoms. The molecule has 25 heavy (non-hydrogen) atoms. The standard InChI is InChI=1S/C21H28N4/c1-4-24(5-2)14-15-7-12-18-19(13-15)25(6-3)21(20(18)23)16-8-10-17(22)11-9-16/h7-13H,4-6,14,22-23H2,1-3H3. The van der Waals surface area contributed by atoms with Crippen molar-refractivity contribution in [3.63, 3.8) is 0 Å². The molecule has 0 aliphatic rings. The van der Waals surface area contributed by atoms with Gasteiger partial charge in [-0.25, -0.2) is 0 Å². The van der Waals surface area contributed by atoms with Crippen LogP contribution in [0.2, 0.25) is 0 Å². The van der Waals surface area contributed by atoms with E-state index in [0.717, 1.165) is 54.2 Å². The number of aromatic nitrogens is 1. The molecular weight excluding hydrogens is 308 g/mol. The van der Waals surface area contributed by atoms with Gasteiger partial charge in [0.1, 0.15) is 0 Å². The quantitative estimate of drug-likeness (QED) is 0.659. The zero-order valence-electron chi connectivity index (χ0n) is 15.4. The fraction of sp³-hybridized carbons (Fsp3) is 0.333. The van der Waals surface area contributed by atoms with Gasteiger partial charge in [-0.2, -0.15) is 0 Å². The molecule has 0 radical (unpaired) electrons. The minimum Gasteiger partial charge on any atom is -0.399 e. The number of hydrogen-bond acceptors (Lipinski definition) is 3. The van der Waals surface area contributed by atoms with Gasteiger partial charge in [0.05, 0.1) is 16.9 Å². The smallest absolute Gasteiger partial charge is 0.0725 e. The topological polar surface area (TPSA) is 60.2 Å². The summed E-state index contributed by atoms with van der Waals surface area (Å²) in [6, 6.07) is 14.6. The molecule has 132 valence electrons. The zero-order valence-corrected chi connectivity index (χ0v) is 15.4. The largest absolute Gasteiger partial charge is 0.399 e. The van der Waals surface area contributed by atoms with Crippen LogP contribution in [0, 0.1) is 0 Å². The molecule has 0 aliphatic carbocycles. The van der Waals surface area contributed by atoms with Crippen LogP contribution in [0.15, 0.2) is 42.5 Å². The third-order valence-corrected chi connectivity index (χ3v) is 4.97. The lowest BCUT2D eigenvalue weighted by Gasteiger charge is -2.18. The minimum atomic E-state index is 0.767. The van der Waals surface area contributed by atoms with Crippen molar-refractivity contribution >= 4 is 22.3 Å². The maximum Gasteiger partial charge on any atom is 0.0725 e. The zero-order chi connectivity index (χ0) is 18.0. The molecule has 1 aromatic heterocycles. The fourth-order valence-corrected chi connectivity index (χ4v) is 3.51. The van der Waals surface area contributed by atoms with Gasteiger partial charge in [-0.1, -0.05) is 38.1 Å². The third-order valence-electron chi connectivity index (χ3n) is 4.97. The van der Waals surface area contributed by atoms with Crippen molar-refractivity contribution in [3.05, 3.63) is 48.0 Å². The van der Waals surface area contributed by atoms with Crippen LogP contribution in [0.4, 0.5) is 11.4 Å². The van der Waals surface area contributed by atoms with Crippen LogP contribution in [0.3, 0.4) is 0 Å². The molecule has 4 heteroatoms. The number of hydrogen-bond donors (Lipinski definition) is 2. The van der Waals surface area contributed by atoms with Gasteiger partial charge >= 0.3 is 0 Å². The number of anilines is 2. The number of nitrogens with two attached hydrogens (primary N) is 2. The van der Waals surface area contributed by atoms with Crippen molar-refractivity contribution in [1.82, 2.24) is 9.47 Å². The molecule has 0 atom stereocenters. The normalized spacial score (nSPS) is 11.5. The summed E-state index contributed by atoms with van der Waals surface area (Å²) in [6.45, 7) is 10.5. The van der Waals surface area contributed by atoms with E-state index in [4.69, 9.17) is 11.5 Å². The Morgan fingerprint density at radius 2 is 1.60 bits per heavy atom. The highest BCUT2D eigenvalue weighted by Gasteiger charge is 2.16. The maximum absolute atomic E-state index is 6.53. The van der Waals surface area contributed by atoms with Gasteiger partial charge in [0, 0.05) is 29.7 Å². The highest BCUT2D eigenvalue weighted by molar-refractivity contribution is 6.01. The van der Waals surface area contributed by atoms with Gasteiger partial charge in [0.15, 0.2) is 0 Å². The number of benzene rings is 2. The lowest BCUT2D eigenvalue weighted by atomic mass is 10.1. The van der Waals surface area contributed by atoms with Gasteiger partial charge in [0.25, 0.3) is 0 Å². The molecule has 0 saturated heterocycles. The molecule has 1 heterocycles. The molecule has 4 N–H and O–H groups in total. The summed E-state index contributed by atoms with van der Waals surface area (Å²) < 4.78 is 2.31. The number of nitrogens with zero attached hydrogens (tertiary/aromatic N) is 2. The Balaban J connectivity index is 2.12. The van der Waals surface area contributed by atoms with Crippen LogP contribution >= 0.6 is 0 Å². The van der Waals surface area contributed by atoms with Crippen molar-refractivity contribution in [2.24, 2.45) is 0 Å². The summed E-state index contributed by atoms with van der Waals surface area (Å²) in [5, 5.41) is 1.12. The molecule has 0 aliphatic heterocycles. The van der Waals surface area contributed by atoms with E-state index in [1.165, 1.54) is 11.1 Å². The van der Waals surface area contributed by atoms with Gasteiger partial charge in [-0.05, 0) is 43.8 Å². The van der Waals surface area contributed by atoms with Crippen LogP contribution < -0.4 is 11.5 Å². The summed E-state index contributed by atoms with van der Waals surface area (Å²) in [4.78, 5) is 2.42. The minimum absolute atomic E-state index is 0.767. The molecule has 4 nitrogen and oxygen atoms in total. The first-order valence-electron chi connectivity index (χ1n) is 9.07. The Kier molecular flexibility index (Phi) is 5.00. The van der Waals surface area contributed by atoms with Crippen molar-refractivity contribution < 1.29 is 0 Å². The second-order valence-electron chi connectivity index (χ2n) is 6.44. The first kappa shape index (κ1) is 17.4. The van der Waals surface area contributed by atoms with Gasteiger partial charge in [0.2, 0.25) is 0 Å². The summed E-state index contributed by atoms with van der Waals surface area (Å²) in [7, 11) is 0. The Bertz CT molecular complexity index is 858. The van der Waals surface area contributed by atoms with Crippen LogP contribution in [0.1, 0.15) is 26.3 Å². The number of fused-ring (bicyclic) bond motifs is 1. The van der Waals surface area contributed by atoms with Crippen LogP contribution in [-0.2, 0) is 13.1 Å². The highest BCUT2D eigenvalue weighted by Crippen LogP contribution is 2.36. The molecule has 0 bridgehead atoms. The second-order valence-corrected chi connectivity index (χ2v) is 6.44. The predicted octanol–water partition coefficient (Wildman–Crippen LogP) is 4.33. The molecule has 3 rings (SSSR count). The van der Waals surface area contributed by atoms with E-state index in [1.807, 2.05) is 24.3 Å². The number of nitrogen functional groups attached to an aromatic ring is 2. The Labute approximate surface area is 150 Å². The van der Waals surface area contributed by atoms with E-state index >= 15 is 0 Å². The lowest BCUT2D eigenvalue weighted by molar-refractivity contribution is 0.296. The number of aryl methyl sites for hydroxylation is 1. The SMILES string of the molecule is CCN(CC)Cc1ccc2c(N)c(-c3ccc(N)cc3)n(CC)c2c1. The highest BCUT2D eigenvalue weighted by atomic mass is 15.1. The maximum atomic E-state index is 6.53. The summed E-state index contributed by atoms with van der Waals surface area (Å²) in [5.74, 6) is 0. The van der Waals surface area contributed by atoms with E-state index in [-0.39, 0.29) is 0 Å². The Morgan fingerprint density at radius 1 is 0.920 bits per heavy atom. The van der Waals surface area contributed by atoms with E-state index < -0.39 is 0 Å². The molecule has 0 amide bonds. The summed E-state index contributed by atoms with van der Waals surface area (Å²) in [6.07, 6.45) is 0. The van der Waals surface area contributed by atoms with Gasteiger partial charge < -0.3 is 16.0 Å². The molecule has 0 fully saturated rings. The van der Waals surface area contributed by atoms with Crippen molar-refractivity contribution in [3.8, 4) is 11.3 Å². The average molecular weight is 336 g/mol. The summed E-state index contributed by atoms with van der Waals surface area (Å²) >= 11 is 0. The molecule has 3 aromatic rings. The fourth-order valence-electron chi connectivity index (χ4n) is 3.51. The van der Waals surface area contributed by atoms with Gasteiger partial charge in [-0.3, -0.25) is 4.90 Å². The monoisotopic (exact) mass is 336 g/mol. The molecule has 2 aromatic carbocycles. The first-order chi connectivity index (χ1) is 12.1. The van der Waals surface area contributed by atoms with Crippen molar-refractivity contribution in [2.75, 3.05) is 24.6 Å². The lowest BCUT2D eigenvalue weighted by Crippen LogP contribution is -2.22. The third kappa shape index (κ3) is 3.22. The van der Waals surface area contributed by atoms with Gasteiger partial charge in [-0.15, -0.1) is 0 Å². The van der Waals surface area contributed by atoms with E-state index in [0.29, 0.717) is 0 Å². The van der Waals surface area contributed by atoms with E-state index in [2.05, 4.69) is 48.4 Å². The second kappa shape index (κ2) is 7.19. The van der Waals surface area contributed by atoms with Crippen molar-refractivity contribution in [1.29, 1.82) is 0 Å². The van der Waals surface area contributed by atoms with E-state index in [9.17, 15) is 0 Å². The summed E-state index contributed by atoms with van der Waals surface area (Å²) in [5.41, 5.74) is 18.7. The molecular formula is C21H28N4. The Hall–Kier alpha value is -2.46. The average Bonchev–Trinajstić information content (AvgIpc) is 2.91. The first-order valence-corrected chi connectivity index (χ1v) is 9.07. The predicted molar refractivity (Wildman–Crippen MR) is 108 cm³/mol. The van der Waals surface area contributed by atoms with Crippen LogP contribution in [0.5, 0.6) is 0 Å². The van der Waals surface area contributed by atoms with Crippen LogP contribution in [-0.4, -0.2) is 22.6 Å². The van der Waals surface area contributed by atoms with Crippen molar-refractivity contribution in [2.45, 2.75) is 33.9 Å². The van der Waals surface area contributed by atoms with Crippen LogP contribution in [0.25, 0.3) is 22.2 Å². The Morgan fingerprint density at radius 3 is 2.20 bits per heavy atom. The van der Waals surface area contributed by atoms with E-state index in [1.54, 1.807) is 0 Å². The molecule has 0 saturated carbocycles.